The second kappa shape index (κ2) is 10.1. The predicted octanol–water partition coefficient (Wildman–Crippen LogP) is 3.16. The van der Waals surface area contributed by atoms with Crippen LogP contribution in [0.15, 0.2) is 48.5 Å². The van der Waals surface area contributed by atoms with E-state index in [9.17, 15) is 14.4 Å². The first-order chi connectivity index (χ1) is 15.9. The molecule has 0 saturated carbocycles. The first-order valence-electron chi connectivity index (χ1n) is 11.5. The Hall–Kier alpha value is -3.35. The van der Waals surface area contributed by atoms with Gasteiger partial charge in [-0.15, -0.1) is 0 Å². The molecule has 2 aliphatic rings. The molecule has 2 aromatic carbocycles. The molecule has 2 amide bonds. The Bertz CT molecular complexity index is 1010. The molecule has 0 aromatic heterocycles. The number of Topliss-reactive ketones (excluding diaryl/α,β-unsaturated/α-hetero) is 1. The van der Waals surface area contributed by atoms with Crippen LogP contribution in [-0.2, 0) is 16.0 Å². The third-order valence-corrected chi connectivity index (χ3v) is 6.36. The second-order valence-electron chi connectivity index (χ2n) is 8.78. The molecule has 0 atom stereocenters. The number of likely N-dealkylation sites (tertiary alicyclic amines) is 1. The number of ether oxygens (including phenoxy) is 2. The van der Waals surface area contributed by atoms with Crippen LogP contribution in [0.3, 0.4) is 0 Å². The third-order valence-electron chi connectivity index (χ3n) is 6.36. The van der Waals surface area contributed by atoms with E-state index in [4.69, 9.17) is 9.47 Å². The fraction of sp³-hybridized carbons (Fsp3) is 0.423. The minimum absolute atomic E-state index is 0.0373. The Labute approximate surface area is 194 Å². The molecule has 0 radical (unpaired) electrons. The number of benzene rings is 2. The zero-order valence-corrected chi connectivity index (χ0v) is 19.0. The minimum Gasteiger partial charge on any atom is -0.486 e. The lowest BCUT2D eigenvalue weighted by Gasteiger charge is -2.43. The van der Waals surface area contributed by atoms with Gasteiger partial charge in [-0.05, 0) is 30.5 Å². The molecular weight excluding hydrogens is 420 g/mol. The molecule has 1 saturated heterocycles. The monoisotopic (exact) mass is 450 g/mol. The number of piperidine rings is 1. The van der Waals surface area contributed by atoms with Crippen LogP contribution in [0.5, 0.6) is 11.5 Å². The first kappa shape index (κ1) is 22.8. The maximum Gasteiger partial charge on any atom is 0.257 e. The molecule has 0 unspecified atom stereocenters. The van der Waals surface area contributed by atoms with Gasteiger partial charge in [0, 0.05) is 45.5 Å². The summed E-state index contributed by atoms with van der Waals surface area (Å²) in [5.74, 6) is 0.866. The van der Waals surface area contributed by atoms with Crippen molar-refractivity contribution >= 4 is 17.6 Å². The maximum absolute atomic E-state index is 12.7. The van der Waals surface area contributed by atoms with Gasteiger partial charge < -0.3 is 19.7 Å². The van der Waals surface area contributed by atoms with Gasteiger partial charge in [-0.1, -0.05) is 30.3 Å². The van der Waals surface area contributed by atoms with Crippen molar-refractivity contribution in [3.63, 3.8) is 0 Å². The lowest BCUT2D eigenvalue weighted by molar-refractivity contribution is -0.132. The van der Waals surface area contributed by atoms with Crippen LogP contribution in [0.1, 0.15) is 48.5 Å². The van der Waals surface area contributed by atoms with Crippen molar-refractivity contribution in [1.82, 2.24) is 10.2 Å². The van der Waals surface area contributed by atoms with Crippen LogP contribution in [0.25, 0.3) is 0 Å². The predicted molar refractivity (Wildman–Crippen MR) is 124 cm³/mol. The molecule has 7 nitrogen and oxygen atoms in total. The molecule has 2 aromatic rings. The molecule has 33 heavy (non-hydrogen) atoms. The SMILES string of the molecule is CC(=O)N1CCC2(CC1)CC(=O)c1ccc(OCC(=O)NCCCc3ccccc3)cc1O2. The van der Waals surface area contributed by atoms with Crippen LogP contribution in [0.4, 0.5) is 0 Å². The summed E-state index contributed by atoms with van der Waals surface area (Å²) in [6.07, 6.45) is 3.32. The number of ketones is 1. The number of carbonyl (C=O) groups excluding carboxylic acids is 3. The molecule has 2 aliphatic heterocycles. The number of hydrogen-bond donors (Lipinski definition) is 1. The quantitative estimate of drug-likeness (QED) is 0.655. The highest BCUT2D eigenvalue weighted by Crippen LogP contribution is 2.40. The van der Waals surface area contributed by atoms with Crippen LogP contribution < -0.4 is 14.8 Å². The number of amides is 2. The molecule has 1 spiro atoms. The molecule has 1 fully saturated rings. The molecule has 174 valence electrons. The highest BCUT2D eigenvalue weighted by atomic mass is 16.5. The Morgan fingerprint density at radius 2 is 1.88 bits per heavy atom. The highest BCUT2D eigenvalue weighted by Gasteiger charge is 2.43. The Morgan fingerprint density at radius 1 is 1.12 bits per heavy atom. The van der Waals surface area contributed by atoms with E-state index < -0.39 is 5.60 Å². The van der Waals surface area contributed by atoms with Crippen molar-refractivity contribution in [3.8, 4) is 11.5 Å². The molecular formula is C26H30N2O5. The topological polar surface area (TPSA) is 84.9 Å². The summed E-state index contributed by atoms with van der Waals surface area (Å²) in [6.45, 7) is 3.20. The highest BCUT2D eigenvalue weighted by molar-refractivity contribution is 6.00. The first-order valence-corrected chi connectivity index (χ1v) is 11.5. The number of hydrogen-bond acceptors (Lipinski definition) is 5. The van der Waals surface area contributed by atoms with Crippen molar-refractivity contribution in [1.29, 1.82) is 0 Å². The lowest BCUT2D eigenvalue weighted by Crippen LogP contribution is -2.51. The number of carbonyl (C=O) groups is 3. The van der Waals surface area contributed by atoms with Crippen molar-refractivity contribution in [2.45, 2.75) is 44.6 Å². The normalized spacial score (nSPS) is 16.6. The van der Waals surface area contributed by atoms with E-state index in [1.165, 1.54) is 5.56 Å². The van der Waals surface area contributed by atoms with Crippen LogP contribution in [0.2, 0.25) is 0 Å². The van der Waals surface area contributed by atoms with Gasteiger partial charge in [0.05, 0.1) is 12.0 Å². The largest absolute Gasteiger partial charge is 0.486 e. The van der Waals surface area contributed by atoms with Gasteiger partial charge in [0.25, 0.3) is 5.91 Å². The van der Waals surface area contributed by atoms with E-state index >= 15 is 0 Å². The van der Waals surface area contributed by atoms with Gasteiger partial charge in [-0.25, -0.2) is 0 Å². The Kier molecular flexibility index (Phi) is 6.96. The number of fused-ring (bicyclic) bond motifs is 1. The summed E-state index contributed by atoms with van der Waals surface area (Å²) in [5.41, 5.74) is 1.20. The number of nitrogens with one attached hydrogen (secondary N) is 1. The Balaban J connectivity index is 1.28. The smallest absolute Gasteiger partial charge is 0.257 e. The number of aryl methyl sites for hydroxylation is 1. The molecule has 0 aliphatic carbocycles. The molecule has 2 heterocycles. The zero-order chi connectivity index (χ0) is 23.3. The molecule has 7 heteroatoms. The van der Waals surface area contributed by atoms with Crippen molar-refractivity contribution in [2.24, 2.45) is 0 Å². The van der Waals surface area contributed by atoms with E-state index in [1.54, 1.807) is 30.0 Å². The molecule has 0 bridgehead atoms. The van der Waals surface area contributed by atoms with Gasteiger partial charge in [0.1, 0.15) is 17.1 Å². The molecule has 4 rings (SSSR count). The molecule has 1 N–H and O–H groups in total. The average Bonchev–Trinajstić information content (AvgIpc) is 2.81. The average molecular weight is 451 g/mol. The number of nitrogens with zero attached hydrogens (tertiary/aromatic N) is 1. The summed E-state index contributed by atoms with van der Waals surface area (Å²) in [6, 6.07) is 15.2. The van der Waals surface area contributed by atoms with Crippen molar-refractivity contribution in [3.05, 3.63) is 59.7 Å². The summed E-state index contributed by atoms with van der Waals surface area (Å²) in [7, 11) is 0. The van der Waals surface area contributed by atoms with Crippen LogP contribution in [0, 0.1) is 0 Å². The van der Waals surface area contributed by atoms with Gasteiger partial charge in [0.2, 0.25) is 5.91 Å². The number of rotatable bonds is 7. The summed E-state index contributed by atoms with van der Waals surface area (Å²) >= 11 is 0. The van der Waals surface area contributed by atoms with Crippen LogP contribution >= 0.6 is 0 Å². The fourth-order valence-corrected chi connectivity index (χ4v) is 4.44. The summed E-state index contributed by atoms with van der Waals surface area (Å²) in [4.78, 5) is 38.3. The fourth-order valence-electron chi connectivity index (χ4n) is 4.44. The Morgan fingerprint density at radius 3 is 2.61 bits per heavy atom. The standard InChI is InChI=1S/C26H30N2O5/c1-19(29)28-14-11-26(12-15-28)17-23(30)22-10-9-21(16-24(22)33-26)32-18-25(31)27-13-5-8-20-6-3-2-4-7-20/h2-4,6-7,9-10,16H,5,8,11-15,17-18H2,1H3,(H,27,31). The van der Waals surface area contributed by atoms with E-state index in [0.717, 1.165) is 12.8 Å². The van der Waals surface area contributed by atoms with Gasteiger partial charge >= 0.3 is 0 Å². The van der Waals surface area contributed by atoms with E-state index in [1.807, 2.05) is 18.2 Å². The van der Waals surface area contributed by atoms with Crippen LogP contribution in [-0.4, -0.2) is 54.3 Å². The van der Waals surface area contributed by atoms with E-state index in [2.05, 4.69) is 17.4 Å². The maximum atomic E-state index is 12.7. The van der Waals surface area contributed by atoms with Gasteiger partial charge in [-0.3, -0.25) is 14.4 Å². The lowest BCUT2D eigenvalue weighted by atomic mass is 9.82. The van der Waals surface area contributed by atoms with Crippen molar-refractivity contribution in [2.75, 3.05) is 26.2 Å². The minimum atomic E-state index is -0.579. The van der Waals surface area contributed by atoms with E-state index in [-0.39, 0.29) is 24.2 Å². The van der Waals surface area contributed by atoms with E-state index in [0.29, 0.717) is 56.0 Å². The van der Waals surface area contributed by atoms with Crippen molar-refractivity contribution < 1.29 is 23.9 Å². The third kappa shape index (κ3) is 5.72. The van der Waals surface area contributed by atoms with Gasteiger partial charge in [-0.2, -0.15) is 0 Å². The zero-order valence-electron chi connectivity index (χ0n) is 19.0. The van der Waals surface area contributed by atoms with Gasteiger partial charge in [0.15, 0.2) is 12.4 Å². The summed E-state index contributed by atoms with van der Waals surface area (Å²) in [5, 5.41) is 2.87. The summed E-state index contributed by atoms with van der Waals surface area (Å²) < 4.78 is 11.9. The second-order valence-corrected chi connectivity index (χ2v) is 8.78.